The summed E-state index contributed by atoms with van der Waals surface area (Å²) in [5.74, 6) is -3.80. The average Bonchev–Trinajstić information content (AvgIpc) is 2.82. The molecule has 27 heavy (non-hydrogen) atoms. The second kappa shape index (κ2) is 8.75. The summed E-state index contributed by atoms with van der Waals surface area (Å²) < 4.78 is 32.3. The second-order valence-corrected chi connectivity index (χ2v) is 7.16. The summed E-state index contributed by atoms with van der Waals surface area (Å²) in [7, 11) is 0. The van der Waals surface area contributed by atoms with Crippen LogP contribution in [0.3, 0.4) is 0 Å². The van der Waals surface area contributed by atoms with Crippen LogP contribution in [-0.2, 0) is 14.3 Å². The summed E-state index contributed by atoms with van der Waals surface area (Å²) >= 11 is 0. The average molecular weight is 381 g/mol. The quantitative estimate of drug-likeness (QED) is 0.865. The molecule has 0 bridgehead atoms. The first kappa shape index (κ1) is 19.7. The van der Waals surface area contributed by atoms with Crippen molar-refractivity contribution in [2.75, 3.05) is 51.3 Å². The fraction of sp³-hybridized carbons (Fsp3) is 0.579. The van der Waals surface area contributed by atoms with Gasteiger partial charge < -0.3 is 15.0 Å². The van der Waals surface area contributed by atoms with Gasteiger partial charge in [-0.2, -0.15) is 0 Å². The highest BCUT2D eigenvalue weighted by Gasteiger charge is 2.39. The minimum absolute atomic E-state index is 0.122. The number of nitrogens with one attached hydrogen (secondary N) is 1. The smallest absolute Gasteiger partial charge is 0.288 e. The molecule has 8 heteroatoms. The van der Waals surface area contributed by atoms with Gasteiger partial charge in [0.2, 0.25) is 11.8 Å². The van der Waals surface area contributed by atoms with Gasteiger partial charge in [-0.15, -0.1) is 0 Å². The Balaban J connectivity index is 1.54. The molecule has 2 aliphatic heterocycles. The number of hydrogen-bond donors (Lipinski definition) is 1. The lowest BCUT2D eigenvalue weighted by atomic mass is 9.96. The number of carbonyl (C=O) groups is 2. The maximum absolute atomic E-state index is 13.7. The molecule has 3 rings (SSSR count). The van der Waals surface area contributed by atoms with Gasteiger partial charge in [0.15, 0.2) is 0 Å². The Hall–Kier alpha value is -2.06. The molecule has 2 saturated heterocycles. The molecule has 0 radical (unpaired) electrons. The van der Waals surface area contributed by atoms with Crippen molar-refractivity contribution >= 4 is 17.5 Å². The zero-order valence-electron chi connectivity index (χ0n) is 15.2. The summed E-state index contributed by atoms with van der Waals surface area (Å²) in [5, 5.41) is 2.82. The zero-order chi connectivity index (χ0) is 19.3. The lowest BCUT2D eigenvalue weighted by Crippen LogP contribution is -2.49. The van der Waals surface area contributed by atoms with Crippen molar-refractivity contribution < 1.29 is 23.1 Å². The van der Waals surface area contributed by atoms with E-state index in [9.17, 15) is 18.4 Å². The number of piperidine rings is 1. The number of hydrogen-bond acceptors (Lipinski definition) is 4. The van der Waals surface area contributed by atoms with Crippen LogP contribution in [0, 0.1) is 5.92 Å². The molecular formula is C19H25F2N3O3. The van der Waals surface area contributed by atoms with E-state index in [4.69, 9.17) is 4.74 Å². The molecule has 2 fully saturated rings. The molecule has 0 aliphatic carbocycles. The van der Waals surface area contributed by atoms with E-state index in [0.717, 1.165) is 12.1 Å². The van der Waals surface area contributed by atoms with Crippen LogP contribution in [0.15, 0.2) is 30.3 Å². The van der Waals surface area contributed by atoms with Crippen molar-refractivity contribution in [2.24, 2.45) is 5.92 Å². The second-order valence-electron chi connectivity index (χ2n) is 7.16. The molecule has 1 aromatic carbocycles. The lowest BCUT2D eigenvalue weighted by molar-refractivity contribution is -0.142. The molecule has 6 nitrogen and oxygen atoms in total. The fourth-order valence-corrected chi connectivity index (χ4v) is 3.57. The molecule has 1 aromatic rings. The largest absolute Gasteiger partial charge is 0.373 e. The van der Waals surface area contributed by atoms with Gasteiger partial charge in [-0.1, -0.05) is 18.2 Å². The lowest BCUT2D eigenvalue weighted by Gasteiger charge is -2.34. The SMILES string of the molecule is O=C(CN1CCCC(C(=O)N2CCOCC(F)(F)C2)C1)Nc1ccccc1. The third kappa shape index (κ3) is 5.71. The van der Waals surface area contributed by atoms with Crippen molar-refractivity contribution in [1.29, 1.82) is 0 Å². The number of carbonyl (C=O) groups excluding carboxylic acids is 2. The summed E-state index contributed by atoms with van der Waals surface area (Å²) in [6.07, 6.45) is 1.41. The van der Waals surface area contributed by atoms with Crippen LogP contribution in [0.4, 0.5) is 14.5 Å². The predicted octanol–water partition coefficient (Wildman–Crippen LogP) is 1.83. The number of rotatable bonds is 4. The monoisotopic (exact) mass is 381 g/mol. The van der Waals surface area contributed by atoms with Gasteiger partial charge >= 0.3 is 0 Å². The van der Waals surface area contributed by atoms with Crippen LogP contribution < -0.4 is 5.32 Å². The number of benzene rings is 1. The normalized spacial score (nSPS) is 23.5. The Kier molecular flexibility index (Phi) is 6.38. The van der Waals surface area contributed by atoms with E-state index >= 15 is 0 Å². The van der Waals surface area contributed by atoms with Gasteiger partial charge in [0.1, 0.15) is 6.61 Å². The molecule has 1 unspecified atom stereocenters. The van der Waals surface area contributed by atoms with Crippen LogP contribution in [0.5, 0.6) is 0 Å². The van der Waals surface area contributed by atoms with Crippen LogP contribution >= 0.6 is 0 Å². The van der Waals surface area contributed by atoms with E-state index in [1.54, 1.807) is 0 Å². The number of ether oxygens (including phenoxy) is 1. The molecular weight excluding hydrogens is 356 g/mol. The molecule has 1 atom stereocenters. The minimum Gasteiger partial charge on any atom is -0.373 e. The van der Waals surface area contributed by atoms with Crippen LogP contribution in [0.25, 0.3) is 0 Å². The van der Waals surface area contributed by atoms with Crippen molar-refractivity contribution in [3.05, 3.63) is 30.3 Å². The van der Waals surface area contributed by atoms with Crippen molar-refractivity contribution in [1.82, 2.24) is 9.80 Å². The molecule has 1 N–H and O–H groups in total. The number of nitrogens with zero attached hydrogens (tertiary/aromatic N) is 2. The fourth-order valence-electron chi connectivity index (χ4n) is 3.57. The van der Waals surface area contributed by atoms with Crippen LogP contribution in [0.2, 0.25) is 0 Å². The molecule has 0 saturated carbocycles. The Morgan fingerprint density at radius 3 is 2.78 bits per heavy atom. The third-order valence-electron chi connectivity index (χ3n) is 4.83. The van der Waals surface area contributed by atoms with Gasteiger partial charge in [-0.3, -0.25) is 14.5 Å². The summed E-state index contributed by atoms with van der Waals surface area (Å²) in [5.41, 5.74) is 0.721. The Bertz CT molecular complexity index is 657. The molecule has 148 valence electrons. The first-order valence-corrected chi connectivity index (χ1v) is 9.24. The molecule has 0 aromatic heterocycles. The molecule has 0 spiro atoms. The summed E-state index contributed by atoms with van der Waals surface area (Å²) in [6.45, 7) is 0.355. The van der Waals surface area contributed by atoms with Crippen molar-refractivity contribution in [3.8, 4) is 0 Å². The standard InChI is InChI=1S/C19H25F2N3O3/c20-19(21)13-24(9-10-27-14-19)18(26)15-5-4-8-23(11-15)12-17(25)22-16-6-2-1-3-7-16/h1-3,6-7,15H,4-5,8-14H2,(H,22,25). The third-order valence-corrected chi connectivity index (χ3v) is 4.83. The summed E-state index contributed by atoms with van der Waals surface area (Å²) in [6, 6.07) is 9.16. The highest BCUT2D eigenvalue weighted by atomic mass is 19.3. The van der Waals surface area contributed by atoms with Gasteiger partial charge in [0, 0.05) is 18.8 Å². The van der Waals surface area contributed by atoms with E-state index in [-0.39, 0.29) is 37.4 Å². The maximum atomic E-state index is 13.7. The summed E-state index contributed by atoms with van der Waals surface area (Å²) in [4.78, 5) is 28.1. The van der Waals surface area contributed by atoms with Crippen LogP contribution in [-0.4, -0.2) is 73.5 Å². The Morgan fingerprint density at radius 2 is 2.00 bits per heavy atom. The van der Waals surface area contributed by atoms with Gasteiger partial charge in [0.05, 0.1) is 25.6 Å². The number of likely N-dealkylation sites (tertiary alicyclic amines) is 1. The number of para-hydroxylation sites is 1. The topological polar surface area (TPSA) is 61.9 Å². The predicted molar refractivity (Wildman–Crippen MR) is 96.6 cm³/mol. The van der Waals surface area contributed by atoms with E-state index in [0.29, 0.717) is 19.5 Å². The van der Waals surface area contributed by atoms with E-state index in [1.165, 1.54) is 4.90 Å². The number of anilines is 1. The van der Waals surface area contributed by atoms with Crippen molar-refractivity contribution in [2.45, 2.75) is 18.8 Å². The number of halogens is 2. The number of alkyl halides is 2. The van der Waals surface area contributed by atoms with E-state index in [2.05, 4.69) is 5.32 Å². The number of amides is 2. The first-order chi connectivity index (χ1) is 12.9. The van der Waals surface area contributed by atoms with Gasteiger partial charge in [-0.05, 0) is 31.5 Å². The van der Waals surface area contributed by atoms with Crippen LogP contribution in [0.1, 0.15) is 12.8 Å². The highest BCUT2D eigenvalue weighted by Crippen LogP contribution is 2.23. The van der Waals surface area contributed by atoms with Gasteiger partial charge in [0.25, 0.3) is 5.92 Å². The maximum Gasteiger partial charge on any atom is 0.288 e. The Labute approximate surface area is 157 Å². The Morgan fingerprint density at radius 1 is 1.22 bits per heavy atom. The van der Waals surface area contributed by atoms with E-state index in [1.807, 2.05) is 35.2 Å². The zero-order valence-corrected chi connectivity index (χ0v) is 15.2. The minimum atomic E-state index is -3.02. The van der Waals surface area contributed by atoms with Gasteiger partial charge in [-0.25, -0.2) is 8.78 Å². The highest BCUT2D eigenvalue weighted by molar-refractivity contribution is 5.92. The van der Waals surface area contributed by atoms with Crippen molar-refractivity contribution in [3.63, 3.8) is 0 Å². The molecule has 2 heterocycles. The first-order valence-electron chi connectivity index (χ1n) is 9.24. The molecule has 2 amide bonds. The van der Waals surface area contributed by atoms with E-state index < -0.39 is 19.1 Å². The molecule has 2 aliphatic rings.